The summed E-state index contributed by atoms with van der Waals surface area (Å²) in [6.45, 7) is 0.666. The summed E-state index contributed by atoms with van der Waals surface area (Å²) in [6.07, 6.45) is 3.36. The van der Waals surface area contributed by atoms with E-state index in [1.54, 1.807) is 0 Å². The van der Waals surface area contributed by atoms with E-state index < -0.39 is 0 Å². The molecule has 0 saturated heterocycles. The minimum Gasteiger partial charge on any atom is -0.348 e. The zero-order valence-corrected chi connectivity index (χ0v) is 12.5. The Balaban J connectivity index is 0.00000144. The molecule has 3 N–H and O–H groups in total. The standard InChI is InChI=1S/C11H15BrN2OS.ClH/c12-10-5-4-9(16-10)11(15)14-8-3-1-2-7(8)6-13;/h4-5,7-8H,1-3,6,13H2,(H,14,15);1H. The van der Waals surface area contributed by atoms with Crippen LogP contribution in [0.1, 0.15) is 28.9 Å². The molecule has 1 amide bonds. The molecule has 2 rings (SSSR count). The number of halogens is 2. The molecule has 0 bridgehead atoms. The van der Waals surface area contributed by atoms with Gasteiger partial charge in [-0.3, -0.25) is 4.79 Å². The van der Waals surface area contributed by atoms with E-state index >= 15 is 0 Å². The molecule has 1 saturated carbocycles. The Kier molecular flexibility index (Phi) is 5.92. The van der Waals surface area contributed by atoms with Crippen molar-refractivity contribution in [3.8, 4) is 0 Å². The van der Waals surface area contributed by atoms with E-state index in [0.717, 1.165) is 21.5 Å². The first-order valence-corrected chi connectivity index (χ1v) is 7.08. The first-order chi connectivity index (χ1) is 7.70. The fraction of sp³-hybridized carbons (Fsp3) is 0.545. The maximum Gasteiger partial charge on any atom is 0.261 e. The van der Waals surface area contributed by atoms with Crippen LogP contribution in [0.15, 0.2) is 15.9 Å². The normalized spacial score (nSPS) is 23.2. The van der Waals surface area contributed by atoms with E-state index in [2.05, 4.69) is 21.2 Å². The first kappa shape index (κ1) is 15.0. The predicted octanol–water partition coefficient (Wildman–Crippen LogP) is 2.79. The molecule has 2 atom stereocenters. The van der Waals surface area contributed by atoms with Crippen LogP contribution in [0.4, 0.5) is 0 Å². The maximum absolute atomic E-state index is 11.9. The number of nitrogens with two attached hydrogens (primary N) is 1. The minimum absolute atomic E-state index is 0. The Morgan fingerprint density at radius 1 is 1.53 bits per heavy atom. The lowest BCUT2D eigenvalue weighted by atomic mass is 10.0. The molecule has 0 aliphatic heterocycles. The second-order valence-electron chi connectivity index (χ2n) is 4.11. The fourth-order valence-corrected chi connectivity index (χ4v) is 3.47. The quantitative estimate of drug-likeness (QED) is 0.889. The second kappa shape index (κ2) is 6.73. The van der Waals surface area contributed by atoms with Crippen LogP contribution in [0.25, 0.3) is 0 Å². The number of carbonyl (C=O) groups is 1. The van der Waals surface area contributed by atoms with E-state index in [1.807, 2.05) is 12.1 Å². The minimum atomic E-state index is 0. The van der Waals surface area contributed by atoms with Gasteiger partial charge >= 0.3 is 0 Å². The fourth-order valence-electron chi connectivity index (χ4n) is 2.18. The van der Waals surface area contributed by atoms with Crippen LogP contribution in [-0.4, -0.2) is 18.5 Å². The predicted molar refractivity (Wildman–Crippen MR) is 76.9 cm³/mol. The van der Waals surface area contributed by atoms with Crippen molar-refractivity contribution in [3.05, 3.63) is 20.8 Å². The highest BCUT2D eigenvalue weighted by molar-refractivity contribution is 9.11. The van der Waals surface area contributed by atoms with E-state index in [-0.39, 0.29) is 24.4 Å². The molecule has 1 aromatic rings. The summed E-state index contributed by atoms with van der Waals surface area (Å²) >= 11 is 4.82. The van der Waals surface area contributed by atoms with Gasteiger partial charge in [-0.15, -0.1) is 23.7 Å². The van der Waals surface area contributed by atoms with Crippen molar-refractivity contribution in [3.63, 3.8) is 0 Å². The summed E-state index contributed by atoms with van der Waals surface area (Å²) in [4.78, 5) is 12.7. The summed E-state index contributed by atoms with van der Waals surface area (Å²) < 4.78 is 0.986. The van der Waals surface area contributed by atoms with Gasteiger partial charge in [-0.1, -0.05) is 6.42 Å². The number of thiophene rings is 1. The summed E-state index contributed by atoms with van der Waals surface area (Å²) in [5.74, 6) is 0.480. The number of nitrogens with one attached hydrogen (secondary N) is 1. The topological polar surface area (TPSA) is 55.1 Å². The van der Waals surface area contributed by atoms with Crippen molar-refractivity contribution in [1.29, 1.82) is 0 Å². The van der Waals surface area contributed by atoms with Gasteiger partial charge in [0.15, 0.2) is 0 Å². The van der Waals surface area contributed by atoms with Crippen LogP contribution in [0, 0.1) is 5.92 Å². The van der Waals surface area contributed by atoms with Crippen molar-refractivity contribution in [2.75, 3.05) is 6.54 Å². The highest BCUT2D eigenvalue weighted by Crippen LogP contribution is 2.26. The van der Waals surface area contributed by atoms with Crippen LogP contribution in [0.5, 0.6) is 0 Å². The molecule has 0 spiro atoms. The van der Waals surface area contributed by atoms with E-state index in [4.69, 9.17) is 5.73 Å². The van der Waals surface area contributed by atoms with Crippen molar-refractivity contribution in [2.45, 2.75) is 25.3 Å². The van der Waals surface area contributed by atoms with Crippen LogP contribution in [0.2, 0.25) is 0 Å². The molecule has 96 valence electrons. The van der Waals surface area contributed by atoms with Crippen molar-refractivity contribution in [2.24, 2.45) is 11.7 Å². The van der Waals surface area contributed by atoms with Gasteiger partial charge < -0.3 is 11.1 Å². The first-order valence-electron chi connectivity index (χ1n) is 5.47. The smallest absolute Gasteiger partial charge is 0.261 e. The average Bonchev–Trinajstić information content (AvgIpc) is 2.86. The molecule has 0 radical (unpaired) electrons. The van der Waals surface area contributed by atoms with E-state index in [0.29, 0.717) is 12.5 Å². The van der Waals surface area contributed by atoms with Gasteiger partial charge in [-0.25, -0.2) is 0 Å². The van der Waals surface area contributed by atoms with Crippen LogP contribution >= 0.6 is 39.7 Å². The lowest BCUT2D eigenvalue weighted by Gasteiger charge is -2.18. The summed E-state index contributed by atoms with van der Waals surface area (Å²) in [5.41, 5.74) is 5.69. The molecule has 1 aliphatic carbocycles. The lowest BCUT2D eigenvalue weighted by Crippen LogP contribution is -2.39. The maximum atomic E-state index is 11.9. The number of hydrogen-bond donors (Lipinski definition) is 2. The Hall–Kier alpha value is -0.100. The Morgan fingerprint density at radius 2 is 2.29 bits per heavy atom. The van der Waals surface area contributed by atoms with Gasteiger partial charge in [0.2, 0.25) is 0 Å². The molecular weight excluding hydrogens is 324 g/mol. The van der Waals surface area contributed by atoms with Gasteiger partial charge in [-0.2, -0.15) is 0 Å². The van der Waals surface area contributed by atoms with Crippen LogP contribution in [0.3, 0.4) is 0 Å². The molecule has 17 heavy (non-hydrogen) atoms. The average molecular weight is 340 g/mol. The SMILES string of the molecule is Cl.NCC1CCCC1NC(=O)c1ccc(Br)s1. The zero-order valence-electron chi connectivity index (χ0n) is 9.32. The van der Waals surface area contributed by atoms with E-state index in [1.165, 1.54) is 17.8 Å². The van der Waals surface area contributed by atoms with Crippen molar-refractivity contribution < 1.29 is 4.79 Å². The number of hydrogen-bond acceptors (Lipinski definition) is 3. The largest absolute Gasteiger partial charge is 0.348 e. The Labute approximate surface area is 120 Å². The van der Waals surface area contributed by atoms with Gasteiger partial charge in [0.1, 0.15) is 0 Å². The number of carbonyl (C=O) groups excluding carboxylic acids is 1. The summed E-state index contributed by atoms with van der Waals surface area (Å²) in [7, 11) is 0. The Morgan fingerprint density at radius 3 is 2.88 bits per heavy atom. The number of rotatable bonds is 3. The third-order valence-corrected chi connectivity index (χ3v) is 4.70. The molecule has 6 heteroatoms. The molecule has 3 nitrogen and oxygen atoms in total. The molecule has 1 heterocycles. The van der Waals surface area contributed by atoms with Crippen molar-refractivity contribution >= 4 is 45.6 Å². The molecule has 1 aliphatic rings. The van der Waals surface area contributed by atoms with Gasteiger partial charge in [0.05, 0.1) is 8.66 Å². The highest BCUT2D eigenvalue weighted by atomic mass is 79.9. The van der Waals surface area contributed by atoms with Crippen molar-refractivity contribution in [1.82, 2.24) is 5.32 Å². The van der Waals surface area contributed by atoms with Gasteiger partial charge in [-0.05, 0) is 53.4 Å². The molecule has 2 unspecified atom stereocenters. The summed E-state index contributed by atoms with van der Waals surface area (Å²) in [5, 5.41) is 3.08. The monoisotopic (exact) mass is 338 g/mol. The molecule has 1 fully saturated rings. The third-order valence-electron chi connectivity index (χ3n) is 3.08. The third kappa shape index (κ3) is 3.68. The Bertz CT molecular complexity index is 385. The lowest BCUT2D eigenvalue weighted by molar-refractivity contribution is 0.0933. The molecule has 0 aromatic carbocycles. The number of amides is 1. The van der Waals surface area contributed by atoms with Gasteiger partial charge in [0, 0.05) is 6.04 Å². The molecule has 1 aromatic heterocycles. The summed E-state index contributed by atoms with van der Waals surface area (Å²) in [6, 6.07) is 4.00. The second-order valence-corrected chi connectivity index (χ2v) is 6.57. The highest BCUT2D eigenvalue weighted by Gasteiger charge is 2.27. The van der Waals surface area contributed by atoms with E-state index in [9.17, 15) is 4.79 Å². The van der Waals surface area contributed by atoms with Crippen LogP contribution < -0.4 is 11.1 Å². The zero-order chi connectivity index (χ0) is 11.5. The van der Waals surface area contributed by atoms with Crippen LogP contribution in [-0.2, 0) is 0 Å². The molecular formula is C11H16BrClN2OS. The van der Waals surface area contributed by atoms with Gasteiger partial charge in [0.25, 0.3) is 5.91 Å².